The van der Waals surface area contributed by atoms with Crippen LogP contribution in [0.15, 0.2) is 33.5 Å². The minimum absolute atomic E-state index is 0.256. The van der Waals surface area contributed by atoms with Crippen LogP contribution >= 0.6 is 0 Å². The van der Waals surface area contributed by atoms with Crippen LogP contribution in [0.2, 0.25) is 0 Å². The van der Waals surface area contributed by atoms with Gasteiger partial charge < -0.3 is 34.5 Å². The van der Waals surface area contributed by atoms with Gasteiger partial charge in [0.25, 0.3) is 0 Å². The predicted octanol–water partition coefficient (Wildman–Crippen LogP) is 0.594. The van der Waals surface area contributed by atoms with E-state index in [4.69, 9.17) is 13.9 Å². The first-order valence-corrected chi connectivity index (χ1v) is 9.97. The van der Waals surface area contributed by atoms with Gasteiger partial charge in [-0.05, 0) is 31.0 Å². The summed E-state index contributed by atoms with van der Waals surface area (Å²) in [5.74, 6) is -0.0396. The molecule has 0 unspecified atom stereocenters. The summed E-state index contributed by atoms with van der Waals surface area (Å²) in [6, 6.07) is 5.19. The van der Waals surface area contributed by atoms with E-state index < -0.39 is 42.9 Å². The number of fused-ring (bicyclic) bond motifs is 1. The number of aryl methyl sites for hydroxylation is 1. The summed E-state index contributed by atoms with van der Waals surface area (Å²) in [7, 11) is 0. The Morgan fingerprint density at radius 3 is 2.70 bits per heavy atom. The molecule has 0 bridgehead atoms. The zero-order valence-corrected chi connectivity index (χ0v) is 16.9. The molecule has 9 heteroatoms. The minimum Gasteiger partial charge on any atom is -0.462 e. The lowest BCUT2D eigenvalue weighted by molar-refractivity contribution is -0.244. The van der Waals surface area contributed by atoms with Gasteiger partial charge in [0.05, 0.1) is 6.61 Å². The smallest absolute Gasteiger partial charge is 0.336 e. The van der Waals surface area contributed by atoms with Crippen LogP contribution in [0, 0.1) is 6.92 Å². The average molecular weight is 421 g/mol. The van der Waals surface area contributed by atoms with Gasteiger partial charge in [0.2, 0.25) is 12.2 Å². The molecule has 30 heavy (non-hydrogen) atoms. The fraction of sp³-hybridized carbons (Fsp3) is 0.524. The first-order chi connectivity index (χ1) is 14.3. The summed E-state index contributed by atoms with van der Waals surface area (Å²) in [4.78, 5) is 23.9. The Bertz CT molecular complexity index is 942. The third-order valence-electron chi connectivity index (χ3n) is 5.14. The number of rotatable bonds is 7. The van der Waals surface area contributed by atoms with Crippen molar-refractivity contribution in [2.45, 2.75) is 63.8 Å². The van der Waals surface area contributed by atoms with Crippen LogP contribution in [-0.2, 0) is 9.53 Å². The molecular weight excluding hydrogens is 394 g/mol. The summed E-state index contributed by atoms with van der Waals surface area (Å²) >= 11 is 0. The average Bonchev–Trinajstić information content (AvgIpc) is 2.71. The monoisotopic (exact) mass is 421 g/mol. The Morgan fingerprint density at radius 2 is 2.00 bits per heavy atom. The molecule has 1 fully saturated rings. The molecule has 1 aliphatic rings. The van der Waals surface area contributed by atoms with Gasteiger partial charge in [-0.15, -0.1) is 0 Å². The van der Waals surface area contributed by atoms with E-state index in [1.807, 2.05) is 6.92 Å². The molecule has 9 nitrogen and oxygen atoms in total. The molecule has 164 valence electrons. The van der Waals surface area contributed by atoms with E-state index in [-0.39, 0.29) is 18.1 Å². The normalized spacial score (nSPS) is 26.5. The molecule has 0 radical (unpaired) electrons. The second kappa shape index (κ2) is 9.57. The van der Waals surface area contributed by atoms with Crippen molar-refractivity contribution in [1.29, 1.82) is 0 Å². The highest BCUT2D eigenvalue weighted by atomic mass is 16.7. The van der Waals surface area contributed by atoms with Crippen LogP contribution in [0.1, 0.15) is 31.7 Å². The van der Waals surface area contributed by atoms with Gasteiger partial charge in [-0.2, -0.15) is 0 Å². The van der Waals surface area contributed by atoms with Crippen molar-refractivity contribution in [2.75, 3.05) is 6.61 Å². The molecule has 2 aromatic rings. The molecule has 1 aliphatic heterocycles. The molecule has 0 aliphatic carbocycles. The maximum Gasteiger partial charge on any atom is 0.336 e. The number of ether oxygens (including phenoxy) is 2. The van der Waals surface area contributed by atoms with E-state index in [1.54, 1.807) is 19.1 Å². The zero-order valence-electron chi connectivity index (χ0n) is 16.9. The van der Waals surface area contributed by atoms with E-state index >= 15 is 0 Å². The molecule has 1 aromatic carbocycles. The number of benzene rings is 1. The maximum absolute atomic E-state index is 12.2. The highest BCUT2D eigenvalue weighted by Crippen LogP contribution is 2.27. The summed E-state index contributed by atoms with van der Waals surface area (Å²) in [5.41, 5.74) is 0.573. The van der Waals surface area contributed by atoms with Crippen molar-refractivity contribution in [1.82, 2.24) is 5.32 Å². The lowest BCUT2D eigenvalue weighted by Gasteiger charge is -2.42. The predicted molar refractivity (Wildman–Crippen MR) is 107 cm³/mol. The molecule has 1 amide bonds. The number of carbonyl (C=O) groups is 1. The van der Waals surface area contributed by atoms with Crippen LogP contribution in [0.25, 0.3) is 11.0 Å². The number of nitrogens with one attached hydrogen (secondary N) is 1. The van der Waals surface area contributed by atoms with Crippen molar-refractivity contribution < 1.29 is 34.0 Å². The fourth-order valence-corrected chi connectivity index (χ4v) is 3.44. The SMILES string of the molecule is CCCCC(=O)N[C@H]1[C@H](Oc2ccc3c(C)cc(=O)oc3c2)O[C@H](CO)[C@@H](O)[C@@H]1O. The molecule has 1 aromatic heterocycles. The van der Waals surface area contributed by atoms with Gasteiger partial charge in [0, 0.05) is 23.9 Å². The first-order valence-electron chi connectivity index (χ1n) is 9.97. The Labute approximate surface area is 173 Å². The lowest BCUT2D eigenvalue weighted by Crippen LogP contribution is -2.65. The van der Waals surface area contributed by atoms with Crippen LogP contribution in [-0.4, -0.2) is 58.5 Å². The third kappa shape index (κ3) is 4.81. The number of amides is 1. The minimum atomic E-state index is -1.41. The first kappa shape index (κ1) is 22.2. The Balaban J connectivity index is 1.86. The molecule has 4 N–H and O–H groups in total. The molecule has 2 heterocycles. The number of aliphatic hydroxyl groups is 3. The maximum atomic E-state index is 12.2. The van der Waals surface area contributed by atoms with Gasteiger partial charge in [-0.3, -0.25) is 4.79 Å². The van der Waals surface area contributed by atoms with Gasteiger partial charge in [0.15, 0.2) is 0 Å². The van der Waals surface area contributed by atoms with Gasteiger partial charge in [-0.1, -0.05) is 13.3 Å². The van der Waals surface area contributed by atoms with Crippen molar-refractivity contribution in [3.63, 3.8) is 0 Å². The molecular formula is C21H27NO8. The number of carbonyl (C=O) groups excluding carboxylic acids is 1. The molecule has 5 atom stereocenters. The van der Waals surface area contributed by atoms with E-state index in [0.717, 1.165) is 17.4 Å². The quantitative estimate of drug-likeness (QED) is 0.477. The molecule has 1 saturated heterocycles. The van der Waals surface area contributed by atoms with Crippen molar-refractivity contribution in [3.8, 4) is 5.75 Å². The van der Waals surface area contributed by atoms with Crippen molar-refractivity contribution >= 4 is 16.9 Å². The molecule has 0 saturated carbocycles. The lowest BCUT2D eigenvalue weighted by atomic mass is 9.96. The fourth-order valence-electron chi connectivity index (χ4n) is 3.44. The summed E-state index contributed by atoms with van der Waals surface area (Å²) < 4.78 is 16.7. The Morgan fingerprint density at radius 1 is 1.23 bits per heavy atom. The zero-order chi connectivity index (χ0) is 21.8. The van der Waals surface area contributed by atoms with Gasteiger partial charge in [0.1, 0.15) is 35.7 Å². The standard InChI is InChI=1S/C21H27NO8/c1-3-4-5-16(24)22-18-20(27)19(26)15(10-23)30-21(18)28-12-6-7-13-11(2)8-17(25)29-14(13)9-12/h6-9,15,18-21,23,26-27H,3-5,10H2,1-2H3,(H,22,24)/t15-,18-,19-,20-,21-/m1/s1. The number of hydrogen-bond acceptors (Lipinski definition) is 8. The van der Waals surface area contributed by atoms with Crippen molar-refractivity contribution in [2.24, 2.45) is 0 Å². The van der Waals surface area contributed by atoms with Crippen molar-refractivity contribution in [3.05, 3.63) is 40.2 Å². The van der Waals surface area contributed by atoms with E-state index in [0.29, 0.717) is 12.0 Å². The highest BCUT2D eigenvalue weighted by molar-refractivity contribution is 5.81. The van der Waals surface area contributed by atoms with Gasteiger partial charge in [-0.25, -0.2) is 4.79 Å². The van der Waals surface area contributed by atoms with Crippen LogP contribution in [0.4, 0.5) is 0 Å². The molecule has 0 spiro atoms. The van der Waals surface area contributed by atoms with E-state index in [1.165, 1.54) is 12.1 Å². The summed E-state index contributed by atoms with van der Waals surface area (Å²) in [6.45, 7) is 3.20. The van der Waals surface area contributed by atoms with Crippen LogP contribution in [0.5, 0.6) is 5.75 Å². The van der Waals surface area contributed by atoms with Crippen LogP contribution < -0.4 is 15.7 Å². The van der Waals surface area contributed by atoms with E-state index in [9.17, 15) is 24.9 Å². The van der Waals surface area contributed by atoms with Gasteiger partial charge >= 0.3 is 5.63 Å². The Hall–Kier alpha value is -2.46. The number of aliphatic hydroxyl groups excluding tert-OH is 3. The molecule has 3 rings (SSSR count). The summed E-state index contributed by atoms with van der Waals surface area (Å²) in [5, 5.41) is 33.5. The second-order valence-electron chi connectivity index (χ2n) is 7.43. The topological polar surface area (TPSA) is 138 Å². The largest absolute Gasteiger partial charge is 0.462 e. The summed E-state index contributed by atoms with van der Waals surface area (Å²) in [6.07, 6.45) is -3.32. The second-order valence-corrected chi connectivity index (χ2v) is 7.43. The Kier molecular flexibility index (Phi) is 7.09. The van der Waals surface area contributed by atoms with Crippen LogP contribution in [0.3, 0.4) is 0 Å². The third-order valence-corrected chi connectivity index (χ3v) is 5.14. The van der Waals surface area contributed by atoms with E-state index in [2.05, 4.69) is 5.32 Å². The number of hydrogen-bond donors (Lipinski definition) is 4. The number of unbranched alkanes of at least 4 members (excludes halogenated alkanes) is 1. The highest BCUT2D eigenvalue weighted by Gasteiger charge is 2.46.